The molecular formula is C10H18F2O2. The smallest absolute Gasteiger partial charge is 0.377 e. The first-order valence-corrected chi connectivity index (χ1v) is 4.99. The normalized spacial score (nSPS) is 11.9. The molecule has 14 heavy (non-hydrogen) atoms. The summed E-state index contributed by atoms with van der Waals surface area (Å²) in [7, 11) is 0. The van der Waals surface area contributed by atoms with E-state index in [9.17, 15) is 13.6 Å². The molecule has 0 aliphatic carbocycles. The van der Waals surface area contributed by atoms with Crippen molar-refractivity contribution in [3.8, 4) is 0 Å². The van der Waals surface area contributed by atoms with Crippen LogP contribution in [0.5, 0.6) is 0 Å². The molecule has 0 aromatic carbocycles. The van der Waals surface area contributed by atoms with Crippen LogP contribution < -0.4 is 0 Å². The van der Waals surface area contributed by atoms with Crippen LogP contribution in [0.15, 0.2) is 0 Å². The van der Waals surface area contributed by atoms with E-state index in [1.54, 1.807) is 13.8 Å². The number of hydrogen-bond donors (Lipinski definition) is 0. The van der Waals surface area contributed by atoms with Gasteiger partial charge in [-0.2, -0.15) is 8.78 Å². The Bertz CT molecular complexity index is 179. The Morgan fingerprint density at radius 2 is 1.93 bits per heavy atom. The number of rotatable bonds is 6. The second kappa shape index (κ2) is 5.94. The number of carbonyl (C=O) groups is 1. The van der Waals surface area contributed by atoms with Gasteiger partial charge in [-0.15, -0.1) is 0 Å². The van der Waals surface area contributed by atoms with Gasteiger partial charge in [0.1, 0.15) is 0 Å². The lowest BCUT2D eigenvalue weighted by Crippen LogP contribution is -2.32. The van der Waals surface area contributed by atoms with E-state index in [2.05, 4.69) is 4.74 Å². The minimum absolute atomic E-state index is 0.358. The zero-order valence-electron chi connectivity index (χ0n) is 8.98. The van der Waals surface area contributed by atoms with Gasteiger partial charge in [-0.25, -0.2) is 4.79 Å². The number of ether oxygens (including phenoxy) is 1. The monoisotopic (exact) mass is 208 g/mol. The van der Waals surface area contributed by atoms with Crippen molar-refractivity contribution in [3.05, 3.63) is 0 Å². The Balaban J connectivity index is 3.96. The molecule has 4 heteroatoms. The Hall–Kier alpha value is -0.670. The molecule has 0 heterocycles. The third-order valence-electron chi connectivity index (χ3n) is 1.74. The number of alkyl halides is 2. The van der Waals surface area contributed by atoms with Crippen LogP contribution in [-0.4, -0.2) is 18.0 Å². The van der Waals surface area contributed by atoms with Crippen molar-refractivity contribution < 1.29 is 18.3 Å². The van der Waals surface area contributed by atoms with Crippen LogP contribution >= 0.6 is 0 Å². The van der Waals surface area contributed by atoms with Crippen molar-refractivity contribution in [2.75, 3.05) is 0 Å². The van der Waals surface area contributed by atoms with Crippen molar-refractivity contribution in [2.24, 2.45) is 0 Å². The van der Waals surface area contributed by atoms with Gasteiger partial charge >= 0.3 is 11.9 Å². The summed E-state index contributed by atoms with van der Waals surface area (Å²) in [6.07, 6.45) is 1.03. The maximum Gasteiger partial charge on any atom is 0.377 e. The summed E-state index contributed by atoms with van der Waals surface area (Å²) in [5.74, 6) is -4.72. The topological polar surface area (TPSA) is 26.3 Å². The highest BCUT2D eigenvalue weighted by Crippen LogP contribution is 2.23. The van der Waals surface area contributed by atoms with Crippen LogP contribution in [0.1, 0.15) is 46.5 Å². The zero-order chi connectivity index (χ0) is 11.2. The lowest BCUT2D eigenvalue weighted by Gasteiger charge is -2.16. The van der Waals surface area contributed by atoms with Gasteiger partial charge in [-0.1, -0.05) is 19.8 Å². The van der Waals surface area contributed by atoms with Crippen molar-refractivity contribution in [1.29, 1.82) is 0 Å². The summed E-state index contributed by atoms with van der Waals surface area (Å²) in [6.45, 7) is 5.03. The van der Waals surface area contributed by atoms with E-state index in [4.69, 9.17) is 0 Å². The molecule has 0 bridgehead atoms. The number of unbranched alkanes of at least 4 members (excludes halogenated alkanes) is 2. The van der Waals surface area contributed by atoms with Crippen LogP contribution in [0.4, 0.5) is 8.78 Å². The van der Waals surface area contributed by atoms with Gasteiger partial charge in [0.05, 0.1) is 6.10 Å². The summed E-state index contributed by atoms with van der Waals surface area (Å²) in [5, 5.41) is 0. The van der Waals surface area contributed by atoms with Gasteiger partial charge in [-0.3, -0.25) is 0 Å². The molecule has 0 N–H and O–H groups in total. The molecule has 0 atom stereocenters. The van der Waals surface area contributed by atoms with Crippen LogP contribution in [0.2, 0.25) is 0 Å². The SMILES string of the molecule is CCCCCC(F)(F)C(=O)OC(C)C. The second-order valence-corrected chi connectivity index (χ2v) is 3.62. The number of carbonyl (C=O) groups excluding carboxylic acids is 1. The summed E-state index contributed by atoms with van der Waals surface area (Å²) in [5.41, 5.74) is 0. The standard InChI is InChI=1S/C10H18F2O2/c1-4-5-6-7-10(11,12)9(13)14-8(2)3/h8H,4-7H2,1-3H3. The third kappa shape index (κ3) is 5.14. The van der Waals surface area contributed by atoms with E-state index in [0.29, 0.717) is 12.8 Å². The van der Waals surface area contributed by atoms with Crippen molar-refractivity contribution in [1.82, 2.24) is 0 Å². The molecule has 0 aromatic heterocycles. The Morgan fingerprint density at radius 3 is 2.36 bits per heavy atom. The average molecular weight is 208 g/mol. The van der Waals surface area contributed by atoms with Crippen LogP contribution in [0, 0.1) is 0 Å². The molecule has 84 valence electrons. The molecule has 0 spiro atoms. The molecule has 0 aliphatic rings. The van der Waals surface area contributed by atoms with E-state index < -0.39 is 24.4 Å². The first kappa shape index (κ1) is 13.3. The first-order valence-electron chi connectivity index (χ1n) is 4.99. The number of halogens is 2. The average Bonchev–Trinajstić information content (AvgIpc) is 2.03. The molecule has 0 saturated carbocycles. The quantitative estimate of drug-likeness (QED) is 0.495. The minimum atomic E-state index is -3.32. The largest absolute Gasteiger partial charge is 0.459 e. The van der Waals surface area contributed by atoms with E-state index in [0.717, 1.165) is 6.42 Å². The predicted octanol–water partition coefficient (Wildman–Crippen LogP) is 3.15. The van der Waals surface area contributed by atoms with E-state index in [-0.39, 0.29) is 0 Å². The Labute approximate surface area is 83.6 Å². The van der Waals surface area contributed by atoms with Crippen LogP contribution in [-0.2, 0) is 9.53 Å². The second-order valence-electron chi connectivity index (χ2n) is 3.62. The summed E-state index contributed by atoms with van der Waals surface area (Å²) in [6, 6.07) is 0. The predicted molar refractivity (Wildman–Crippen MR) is 50.3 cm³/mol. The summed E-state index contributed by atoms with van der Waals surface area (Å²) in [4.78, 5) is 10.9. The molecule has 2 nitrogen and oxygen atoms in total. The molecule has 0 saturated heterocycles. The molecule has 0 radical (unpaired) electrons. The Morgan fingerprint density at radius 1 is 1.36 bits per heavy atom. The Kier molecular flexibility index (Phi) is 5.65. The van der Waals surface area contributed by atoms with Crippen LogP contribution in [0.25, 0.3) is 0 Å². The lowest BCUT2D eigenvalue weighted by molar-refractivity contribution is -0.177. The molecule has 0 amide bonds. The molecular weight excluding hydrogens is 190 g/mol. The van der Waals surface area contributed by atoms with Crippen molar-refractivity contribution >= 4 is 5.97 Å². The number of esters is 1. The van der Waals surface area contributed by atoms with Crippen molar-refractivity contribution in [2.45, 2.75) is 58.5 Å². The van der Waals surface area contributed by atoms with Gasteiger partial charge in [0, 0.05) is 6.42 Å². The molecule has 0 fully saturated rings. The molecule has 0 aliphatic heterocycles. The fourth-order valence-corrected chi connectivity index (χ4v) is 0.999. The fraction of sp³-hybridized carbons (Fsp3) is 0.900. The maximum atomic E-state index is 13.0. The third-order valence-corrected chi connectivity index (χ3v) is 1.74. The van der Waals surface area contributed by atoms with E-state index in [1.165, 1.54) is 0 Å². The van der Waals surface area contributed by atoms with Gasteiger partial charge < -0.3 is 4.74 Å². The number of hydrogen-bond acceptors (Lipinski definition) is 2. The summed E-state index contributed by atoms with van der Waals surface area (Å²) >= 11 is 0. The summed E-state index contributed by atoms with van der Waals surface area (Å²) < 4.78 is 30.5. The molecule has 0 aromatic rings. The van der Waals surface area contributed by atoms with E-state index in [1.807, 2.05) is 6.92 Å². The zero-order valence-corrected chi connectivity index (χ0v) is 8.98. The molecule has 0 unspecified atom stereocenters. The van der Waals surface area contributed by atoms with Crippen LogP contribution in [0.3, 0.4) is 0 Å². The lowest BCUT2D eigenvalue weighted by atomic mass is 10.1. The maximum absolute atomic E-state index is 13.0. The van der Waals surface area contributed by atoms with Gasteiger partial charge in [-0.05, 0) is 20.3 Å². The van der Waals surface area contributed by atoms with Gasteiger partial charge in [0.25, 0.3) is 0 Å². The highest BCUT2D eigenvalue weighted by Gasteiger charge is 2.40. The minimum Gasteiger partial charge on any atom is -0.459 e. The van der Waals surface area contributed by atoms with Gasteiger partial charge in [0.2, 0.25) is 0 Å². The highest BCUT2D eigenvalue weighted by atomic mass is 19.3. The highest BCUT2D eigenvalue weighted by molar-refractivity contribution is 5.77. The van der Waals surface area contributed by atoms with E-state index >= 15 is 0 Å². The van der Waals surface area contributed by atoms with Gasteiger partial charge in [0.15, 0.2) is 0 Å². The van der Waals surface area contributed by atoms with Crippen molar-refractivity contribution in [3.63, 3.8) is 0 Å². The first-order chi connectivity index (χ1) is 6.40. The molecule has 0 rings (SSSR count). The fourth-order valence-electron chi connectivity index (χ4n) is 0.999.